The molecule has 0 amide bonds. The number of alkyl halides is 1. The van der Waals surface area contributed by atoms with Gasteiger partial charge in [-0.2, -0.15) is 0 Å². The minimum absolute atomic E-state index is 0.217. The third-order valence-corrected chi connectivity index (χ3v) is 2.60. The van der Waals surface area contributed by atoms with E-state index in [1.165, 1.54) is 0 Å². The maximum absolute atomic E-state index is 11.6. The molecule has 74 valence electrons. The van der Waals surface area contributed by atoms with Crippen molar-refractivity contribution in [3.8, 4) is 0 Å². The molecule has 2 rings (SSSR count). The van der Waals surface area contributed by atoms with Crippen molar-refractivity contribution in [3.05, 3.63) is 40.0 Å². The van der Waals surface area contributed by atoms with Gasteiger partial charge >= 0.3 is 0 Å². The van der Waals surface area contributed by atoms with E-state index in [4.69, 9.17) is 11.6 Å². The quantitative estimate of drug-likeness (QED) is 0.643. The lowest BCUT2D eigenvalue weighted by atomic mass is 10.2. The average molecular weight is 210 g/mol. The van der Waals surface area contributed by atoms with Crippen LogP contribution in [0.4, 0.5) is 0 Å². The van der Waals surface area contributed by atoms with E-state index in [1.54, 1.807) is 6.92 Å². The molecule has 0 radical (unpaired) electrons. The van der Waals surface area contributed by atoms with Crippen molar-refractivity contribution in [1.82, 2.24) is 5.06 Å². The third-order valence-electron chi connectivity index (χ3n) is 2.32. The Morgan fingerprint density at radius 3 is 2.93 bits per heavy atom. The van der Waals surface area contributed by atoms with E-state index in [2.05, 4.69) is 4.99 Å². The van der Waals surface area contributed by atoms with E-state index < -0.39 is 6.17 Å². The Morgan fingerprint density at radius 1 is 1.50 bits per heavy atom. The normalized spacial score (nSPS) is 20.4. The number of hydrogen-bond donors (Lipinski definition) is 0. The lowest BCUT2D eigenvalue weighted by Crippen LogP contribution is -2.43. The van der Waals surface area contributed by atoms with Crippen molar-refractivity contribution >= 4 is 17.3 Å². The molecule has 1 aliphatic rings. The number of fused-ring (bicyclic) bond motifs is 1. The summed E-state index contributed by atoms with van der Waals surface area (Å²) in [5.74, 6) is 0.217. The molecule has 1 atom stereocenters. The fourth-order valence-corrected chi connectivity index (χ4v) is 1.74. The van der Waals surface area contributed by atoms with Gasteiger partial charge in [0.15, 0.2) is 0 Å². The molecule has 1 heterocycles. The smallest absolute Gasteiger partial charge is 0.125 e. The van der Waals surface area contributed by atoms with E-state index in [1.807, 2.05) is 24.3 Å². The molecule has 1 aromatic rings. The highest BCUT2D eigenvalue weighted by Crippen LogP contribution is 2.10. The van der Waals surface area contributed by atoms with Crippen molar-refractivity contribution in [2.24, 2.45) is 4.99 Å². The van der Waals surface area contributed by atoms with E-state index in [0.717, 1.165) is 15.6 Å². The molecule has 4 heteroatoms. The SMILES string of the molecule is CC1=c2ccccc2=NC(CCl)N1[O-]. The van der Waals surface area contributed by atoms with Crippen LogP contribution in [0.5, 0.6) is 0 Å². The summed E-state index contributed by atoms with van der Waals surface area (Å²) >= 11 is 5.66. The Balaban J connectivity index is 2.70. The highest BCUT2D eigenvalue weighted by molar-refractivity contribution is 6.18. The van der Waals surface area contributed by atoms with E-state index >= 15 is 0 Å². The van der Waals surface area contributed by atoms with Gasteiger partial charge in [-0.3, -0.25) is 4.99 Å². The first-order chi connectivity index (χ1) is 6.74. The topological polar surface area (TPSA) is 38.7 Å². The number of hydrogen-bond acceptors (Lipinski definition) is 3. The largest absolute Gasteiger partial charge is 0.757 e. The maximum atomic E-state index is 11.6. The van der Waals surface area contributed by atoms with Crippen LogP contribution in [0.2, 0.25) is 0 Å². The Bertz CT molecular complexity index is 457. The molecule has 14 heavy (non-hydrogen) atoms. The number of rotatable bonds is 1. The summed E-state index contributed by atoms with van der Waals surface area (Å²) in [7, 11) is 0. The lowest BCUT2D eigenvalue weighted by molar-refractivity contribution is 0.405. The van der Waals surface area contributed by atoms with Gasteiger partial charge in [0.2, 0.25) is 0 Å². The van der Waals surface area contributed by atoms with Gasteiger partial charge in [0.05, 0.1) is 11.2 Å². The molecule has 1 unspecified atom stereocenters. The standard InChI is InChI=1S/C10H10ClN2O/c1-7-8-4-2-3-5-9(8)12-10(6-11)13(7)14/h2-5,10H,6H2,1H3/q-1. The zero-order valence-corrected chi connectivity index (χ0v) is 8.53. The molecular weight excluding hydrogens is 200 g/mol. The third kappa shape index (κ3) is 1.38. The summed E-state index contributed by atoms with van der Waals surface area (Å²) in [6.07, 6.45) is -0.480. The van der Waals surface area contributed by atoms with Crippen molar-refractivity contribution in [2.75, 3.05) is 5.88 Å². The molecule has 0 saturated heterocycles. The van der Waals surface area contributed by atoms with Crippen LogP contribution in [-0.4, -0.2) is 17.1 Å². The van der Waals surface area contributed by atoms with Crippen LogP contribution in [0.25, 0.3) is 5.70 Å². The zero-order valence-electron chi connectivity index (χ0n) is 7.77. The molecule has 0 spiro atoms. The number of nitrogens with zero attached hydrogens (tertiary/aromatic N) is 2. The van der Waals surface area contributed by atoms with Gasteiger partial charge in [-0.15, -0.1) is 11.6 Å². The molecule has 3 nitrogen and oxygen atoms in total. The summed E-state index contributed by atoms with van der Waals surface area (Å²) in [5.41, 5.74) is 0.682. The Hall–Kier alpha value is -1.06. The Morgan fingerprint density at radius 2 is 2.21 bits per heavy atom. The average Bonchev–Trinajstić information content (AvgIpc) is 2.23. The van der Waals surface area contributed by atoms with Crippen LogP contribution in [0.1, 0.15) is 6.92 Å². The van der Waals surface area contributed by atoms with Gasteiger partial charge in [0, 0.05) is 10.9 Å². The van der Waals surface area contributed by atoms with Crippen LogP contribution in [0, 0.1) is 5.21 Å². The van der Waals surface area contributed by atoms with E-state index in [0.29, 0.717) is 5.70 Å². The summed E-state index contributed by atoms with van der Waals surface area (Å²) in [6, 6.07) is 7.59. The fraction of sp³-hybridized carbons (Fsp3) is 0.300. The molecule has 0 N–H and O–H groups in total. The monoisotopic (exact) mass is 209 g/mol. The molecule has 0 aromatic heterocycles. The van der Waals surface area contributed by atoms with Crippen LogP contribution < -0.4 is 10.6 Å². The van der Waals surface area contributed by atoms with Crippen molar-refractivity contribution in [3.63, 3.8) is 0 Å². The predicted octanol–water partition coefficient (Wildman–Crippen LogP) is 0.813. The van der Waals surface area contributed by atoms with Gasteiger partial charge in [0.1, 0.15) is 6.17 Å². The zero-order chi connectivity index (χ0) is 10.1. The summed E-state index contributed by atoms with van der Waals surface area (Å²) in [4.78, 5) is 4.26. The lowest BCUT2D eigenvalue weighted by Gasteiger charge is -2.38. The minimum Gasteiger partial charge on any atom is -0.757 e. The summed E-state index contributed by atoms with van der Waals surface area (Å²) in [6.45, 7) is 1.79. The van der Waals surface area contributed by atoms with Crippen LogP contribution in [0.15, 0.2) is 29.3 Å². The first kappa shape index (κ1) is 9.49. The second-order valence-corrected chi connectivity index (χ2v) is 3.50. The maximum Gasteiger partial charge on any atom is 0.125 e. The molecule has 1 aliphatic heterocycles. The van der Waals surface area contributed by atoms with Gasteiger partial charge in [-0.05, 0) is 13.0 Å². The minimum atomic E-state index is -0.480. The van der Waals surface area contributed by atoms with Crippen LogP contribution in [0.3, 0.4) is 0 Å². The summed E-state index contributed by atoms with van der Waals surface area (Å²) in [5, 5.41) is 14.2. The van der Waals surface area contributed by atoms with Crippen LogP contribution in [-0.2, 0) is 0 Å². The van der Waals surface area contributed by atoms with Gasteiger partial charge in [-0.25, -0.2) is 0 Å². The van der Waals surface area contributed by atoms with E-state index in [9.17, 15) is 5.21 Å². The molecule has 0 aliphatic carbocycles. The number of benzene rings is 1. The Kier molecular flexibility index (Phi) is 2.44. The molecule has 0 saturated carbocycles. The first-order valence-electron chi connectivity index (χ1n) is 4.40. The highest BCUT2D eigenvalue weighted by atomic mass is 35.5. The number of para-hydroxylation sites is 1. The number of hydroxylamine groups is 2. The first-order valence-corrected chi connectivity index (χ1v) is 4.93. The predicted molar refractivity (Wildman–Crippen MR) is 56.0 cm³/mol. The van der Waals surface area contributed by atoms with Crippen molar-refractivity contribution in [2.45, 2.75) is 13.1 Å². The molecule has 0 bridgehead atoms. The van der Waals surface area contributed by atoms with Gasteiger partial charge in [-0.1, -0.05) is 18.2 Å². The van der Waals surface area contributed by atoms with Gasteiger partial charge < -0.3 is 10.3 Å². The number of halogens is 1. The van der Waals surface area contributed by atoms with Crippen molar-refractivity contribution in [1.29, 1.82) is 0 Å². The second-order valence-electron chi connectivity index (χ2n) is 3.19. The molecular formula is C10H10ClN2O-. The molecule has 1 aromatic carbocycles. The highest BCUT2D eigenvalue weighted by Gasteiger charge is 2.12. The van der Waals surface area contributed by atoms with E-state index in [-0.39, 0.29) is 5.88 Å². The fourth-order valence-electron chi connectivity index (χ4n) is 1.54. The Labute approximate surface area is 86.9 Å². The summed E-state index contributed by atoms with van der Waals surface area (Å²) < 4.78 is 0. The van der Waals surface area contributed by atoms with Crippen molar-refractivity contribution < 1.29 is 0 Å². The second kappa shape index (κ2) is 3.59. The van der Waals surface area contributed by atoms with Crippen LogP contribution >= 0.6 is 11.6 Å². The molecule has 0 fully saturated rings. The van der Waals surface area contributed by atoms with Gasteiger partial charge in [0.25, 0.3) is 0 Å².